The number of hydrogen-bond acceptors (Lipinski definition) is 3. The summed E-state index contributed by atoms with van der Waals surface area (Å²) in [5.74, 6) is 0.713. The topological polar surface area (TPSA) is 41.5 Å². The zero-order valence-corrected chi connectivity index (χ0v) is 10.3. The van der Waals surface area contributed by atoms with E-state index in [0.29, 0.717) is 17.4 Å². The molecule has 0 bridgehead atoms. The molecule has 0 aromatic heterocycles. The van der Waals surface area contributed by atoms with Crippen LogP contribution in [-0.4, -0.2) is 24.9 Å². The lowest BCUT2D eigenvalue weighted by atomic mass is 10.2. The Kier molecular flexibility index (Phi) is 6.04. The van der Waals surface area contributed by atoms with E-state index in [0.717, 1.165) is 25.1 Å². The predicted molar refractivity (Wildman–Crippen MR) is 67.4 cm³/mol. The van der Waals surface area contributed by atoms with Crippen LogP contribution in [0, 0.1) is 0 Å². The van der Waals surface area contributed by atoms with Crippen LogP contribution in [0.25, 0.3) is 0 Å². The molecule has 0 saturated carbocycles. The van der Waals surface area contributed by atoms with Crippen molar-refractivity contribution in [3.8, 4) is 5.75 Å². The van der Waals surface area contributed by atoms with Gasteiger partial charge in [-0.1, -0.05) is 11.6 Å². The van der Waals surface area contributed by atoms with Crippen LogP contribution in [0.4, 0.5) is 5.69 Å². The summed E-state index contributed by atoms with van der Waals surface area (Å²) in [4.78, 5) is 0. The van der Waals surface area contributed by atoms with Gasteiger partial charge in [0.05, 0.1) is 11.6 Å². The van der Waals surface area contributed by atoms with Crippen molar-refractivity contribution in [1.82, 2.24) is 0 Å². The maximum absolute atomic E-state index is 8.64. The Morgan fingerprint density at radius 1 is 1.38 bits per heavy atom. The highest BCUT2D eigenvalue weighted by atomic mass is 35.5. The van der Waals surface area contributed by atoms with Crippen LogP contribution in [0.3, 0.4) is 0 Å². The van der Waals surface area contributed by atoms with Gasteiger partial charge in [-0.25, -0.2) is 0 Å². The minimum absolute atomic E-state index is 0.242. The van der Waals surface area contributed by atoms with Gasteiger partial charge in [-0.2, -0.15) is 0 Å². The number of unbranched alkanes of at least 4 members (excludes halogenated alkanes) is 1. The van der Waals surface area contributed by atoms with Crippen LogP contribution >= 0.6 is 11.6 Å². The molecule has 1 rings (SSSR count). The highest BCUT2D eigenvalue weighted by Crippen LogP contribution is 2.27. The van der Waals surface area contributed by atoms with Gasteiger partial charge in [0.1, 0.15) is 5.75 Å². The molecule has 3 nitrogen and oxygen atoms in total. The van der Waals surface area contributed by atoms with Crippen molar-refractivity contribution in [2.24, 2.45) is 0 Å². The van der Waals surface area contributed by atoms with E-state index < -0.39 is 0 Å². The number of rotatable bonds is 7. The summed E-state index contributed by atoms with van der Waals surface area (Å²) in [6, 6.07) is 5.65. The van der Waals surface area contributed by atoms with Crippen LogP contribution in [-0.2, 0) is 0 Å². The summed E-state index contributed by atoms with van der Waals surface area (Å²) in [5, 5.41) is 12.5. The first-order valence-electron chi connectivity index (χ1n) is 5.55. The van der Waals surface area contributed by atoms with Crippen LogP contribution in [0.15, 0.2) is 18.2 Å². The molecule has 0 spiro atoms. The zero-order chi connectivity index (χ0) is 11.8. The van der Waals surface area contributed by atoms with Gasteiger partial charge in [-0.05, 0) is 38.0 Å². The Morgan fingerprint density at radius 3 is 2.81 bits per heavy atom. The van der Waals surface area contributed by atoms with E-state index in [1.165, 1.54) is 0 Å². The van der Waals surface area contributed by atoms with E-state index in [1.54, 1.807) is 0 Å². The van der Waals surface area contributed by atoms with E-state index in [2.05, 4.69) is 5.32 Å². The lowest BCUT2D eigenvalue weighted by molar-refractivity contribution is 0.286. The third kappa shape index (κ3) is 4.29. The van der Waals surface area contributed by atoms with Crippen molar-refractivity contribution in [1.29, 1.82) is 0 Å². The largest absolute Gasteiger partial charge is 0.492 e. The zero-order valence-electron chi connectivity index (χ0n) is 9.50. The molecule has 4 heteroatoms. The Bertz CT molecular complexity index is 318. The first-order valence-corrected chi connectivity index (χ1v) is 5.92. The SMILES string of the molecule is CCOc1ccc(NCCCCO)cc1Cl. The number of ether oxygens (including phenoxy) is 1. The highest BCUT2D eigenvalue weighted by molar-refractivity contribution is 6.32. The van der Waals surface area contributed by atoms with E-state index in [1.807, 2.05) is 25.1 Å². The molecule has 1 aromatic rings. The minimum Gasteiger partial charge on any atom is -0.492 e. The van der Waals surface area contributed by atoms with E-state index in [4.69, 9.17) is 21.4 Å². The molecule has 0 atom stereocenters. The maximum Gasteiger partial charge on any atom is 0.138 e. The van der Waals surface area contributed by atoms with Gasteiger partial charge in [-0.15, -0.1) is 0 Å². The van der Waals surface area contributed by atoms with Crippen molar-refractivity contribution in [2.45, 2.75) is 19.8 Å². The fourth-order valence-electron chi connectivity index (χ4n) is 1.35. The molecule has 0 aliphatic rings. The van der Waals surface area contributed by atoms with Crippen LogP contribution < -0.4 is 10.1 Å². The molecular formula is C12H18ClNO2. The van der Waals surface area contributed by atoms with Gasteiger partial charge in [0, 0.05) is 18.8 Å². The number of halogens is 1. The Balaban J connectivity index is 2.46. The van der Waals surface area contributed by atoms with Gasteiger partial charge < -0.3 is 15.2 Å². The number of nitrogens with one attached hydrogen (secondary N) is 1. The lowest BCUT2D eigenvalue weighted by Crippen LogP contribution is -2.02. The molecule has 0 fully saturated rings. The van der Waals surface area contributed by atoms with Gasteiger partial charge in [0.15, 0.2) is 0 Å². The quantitative estimate of drug-likeness (QED) is 0.724. The average Bonchev–Trinajstić information content (AvgIpc) is 2.28. The molecule has 0 aliphatic carbocycles. The summed E-state index contributed by atoms with van der Waals surface area (Å²) >= 11 is 6.04. The smallest absolute Gasteiger partial charge is 0.138 e. The highest BCUT2D eigenvalue weighted by Gasteiger charge is 2.01. The standard InChI is InChI=1S/C12H18ClNO2/c1-2-16-12-6-5-10(9-11(12)13)14-7-3-4-8-15/h5-6,9,14-15H,2-4,7-8H2,1H3. The second kappa shape index (κ2) is 7.36. The van der Waals surface area contributed by atoms with Crippen molar-refractivity contribution >= 4 is 17.3 Å². The van der Waals surface area contributed by atoms with Gasteiger partial charge in [0.2, 0.25) is 0 Å². The molecule has 0 unspecified atom stereocenters. The van der Waals surface area contributed by atoms with Crippen molar-refractivity contribution < 1.29 is 9.84 Å². The third-order valence-corrected chi connectivity index (χ3v) is 2.44. The normalized spacial score (nSPS) is 10.2. The predicted octanol–water partition coefficient (Wildman–Crippen LogP) is 2.92. The van der Waals surface area contributed by atoms with Gasteiger partial charge in [0.25, 0.3) is 0 Å². The van der Waals surface area contributed by atoms with E-state index in [9.17, 15) is 0 Å². The first kappa shape index (κ1) is 13.1. The average molecular weight is 244 g/mol. The fourth-order valence-corrected chi connectivity index (χ4v) is 1.59. The number of aliphatic hydroxyl groups is 1. The summed E-state index contributed by atoms with van der Waals surface area (Å²) in [7, 11) is 0. The van der Waals surface area contributed by atoms with Crippen molar-refractivity contribution in [2.75, 3.05) is 25.1 Å². The second-order valence-corrected chi connectivity index (χ2v) is 3.84. The molecular weight excluding hydrogens is 226 g/mol. The molecule has 0 heterocycles. The Hall–Kier alpha value is -0.930. The summed E-state index contributed by atoms with van der Waals surface area (Å²) in [6.45, 7) is 3.62. The maximum atomic E-state index is 8.64. The number of anilines is 1. The monoisotopic (exact) mass is 243 g/mol. The summed E-state index contributed by atoms with van der Waals surface area (Å²) in [6.07, 6.45) is 1.76. The molecule has 0 aliphatic heterocycles. The Labute approximate surface area is 101 Å². The summed E-state index contributed by atoms with van der Waals surface area (Å²) in [5.41, 5.74) is 0.978. The van der Waals surface area contributed by atoms with Crippen LogP contribution in [0.5, 0.6) is 5.75 Å². The second-order valence-electron chi connectivity index (χ2n) is 3.44. The molecule has 1 aromatic carbocycles. The number of hydrogen-bond donors (Lipinski definition) is 2. The summed E-state index contributed by atoms with van der Waals surface area (Å²) < 4.78 is 5.34. The molecule has 0 saturated heterocycles. The minimum atomic E-state index is 0.242. The van der Waals surface area contributed by atoms with Crippen molar-refractivity contribution in [3.63, 3.8) is 0 Å². The molecule has 16 heavy (non-hydrogen) atoms. The molecule has 0 radical (unpaired) electrons. The third-order valence-electron chi connectivity index (χ3n) is 2.15. The molecule has 2 N–H and O–H groups in total. The van der Waals surface area contributed by atoms with E-state index in [-0.39, 0.29) is 6.61 Å². The Morgan fingerprint density at radius 2 is 2.19 bits per heavy atom. The van der Waals surface area contributed by atoms with Gasteiger partial charge >= 0.3 is 0 Å². The number of benzene rings is 1. The molecule has 90 valence electrons. The fraction of sp³-hybridized carbons (Fsp3) is 0.500. The lowest BCUT2D eigenvalue weighted by Gasteiger charge is -2.09. The van der Waals surface area contributed by atoms with E-state index >= 15 is 0 Å². The molecule has 0 amide bonds. The first-order chi connectivity index (χ1) is 7.77. The number of aliphatic hydroxyl groups excluding tert-OH is 1. The van der Waals surface area contributed by atoms with Gasteiger partial charge in [-0.3, -0.25) is 0 Å². The van der Waals surface area contributed by atoms with Crippen molar-refractivity contribution in [3.05, 3.63) is 23.2 Å². The van der Waals surface area contributed by atoms with Crippen LogP contribution in [0.2, 0.25) is 5.02 Å². The van der Waals surface area contributed by atoms with Crippen LogP contribution in [0.1, 0.15) is 19.8 Å².